The minimum Gasteiger partial charge on any atom is -0.441 e. The zero-order chi connectivity index (χ0) is 23.1. The molecule has 1 aromatic heterocycles. The maximum Gasteiger partial charge on any atom is 0.231 e. The summed E-state index contributed by atoms with van der Waals surface area (Å²) in [7, 11) is 0. The van der Waals surface area contributed by atoms with Gasteiger partial charge < -0.3 is 14.3 Å². The maximum atomic E-state index is 12.0. The standard InChI is InChI=1S/C28H40N2O3/c1-3-5-18-32-26-21-30(17-16-22(26)4-2)20-25-19-29-27(33-25)28(31,23-12-8-6-9-13-23)24-14-10-7-11-15-24/h3,5-6,8-9,12-13,19,22,24,26,31H,4,7,10-11,14-18,20-21H2,1-2H3/b5-3+/t22?,26?,28-/m0/s1. The van der Waals surface area contributed by atoms with Gasteiger partial charge >= 0.3 is 0 Å². The summed E-state index contributed by atoms with van der Waals surface area (Å²) in [5, 5.41) is 12.0. The highest BCUT2D eigenvalue weighted by Crippen LogP contribution is 2.43. The molecule has 0 bridgehead atoms. The van der Waals surface area contributed by atoms with Crippen LogP contribution in [0.1, 0.15) is 76.0 Å². The molecule has 0 spiro atoms. The predicted octanol–water partition coefficient (Wildman–Crippen LogP) is 5.68. The fraction of sp³-hybridized carbons (Fsp3) is 0.607. The molecule has 2 aromatic rings. The normalized spacial score (nSPS) is 24.8. The average Bonchev–Trinajstić information content (AvgIpc) is 3.34. The van der Waals surface area contributed by atoms with Gasteiger partial charge in [0.2, 0.25) is 5.89 Å². The number of hydrogen-bond acceptors (Lipinski definition) is 5. The van der Waals surface area contributed by atoms with Crippen LogP contribution in [-0.2, 0) is 16.9 Å². The molecular weight excluding hydrogens is 412 g/mol. The number of aromatic nitrogens is 1. The van der Waals surface area contributed by atoms with Crippen LogP contribution in [0.4, 0.5) is 0 Å². The SMILES string of the molecule is C/C=C/COC1CN(Cc2cnc([C@](O)(c3ccccc3)C3CCCCC3)o2)CCC1CC. The van der Waals surface area contributed by atoms with E-state index in [1.54, 1.807) is 0 Å². The van der Waals surface area contributed by atoms with E-state index >= 15 is 0 Å². The Labute approximate surface area is 198 Å². The van der Waals surface area contributed by atoms with Crippen LogP contribution in [-0.4, -0.2) is 40.8 Å². The van der Waals surface area contributed by atoms with Gasteiger partial charge in [0.05, 0.1) is 25.5 Å². The molecule has 1 N–H and O–H groups in total. The van der Waals surface area contributed by atoms with Crippen molar-refractivity contribution >= 4 is 0 Å². The lowest BCUT2D eigenvalue weighted by atomic mass is 9.73. The van der Waals surface area contributed by atoms with E-state index in [4.69, 9.17) is 9.15 Å². The fourth-order valence-corrected chi connectivity index (χ4v) is 5.63. The first-order valence-corrected chi connectivity index (χ1v) is 12.8. The smallest absolute Gasteiger partial charge is 0.231 e. The number of oxazole rings is 1. The van der Waals surface area contributed by atoms with Gasteiger partial charge in [0.1, 0.15) is 5.76 Å². The molecule has 1 aliphatic heterocycles. The summed E-state index contributed by atoms with van der Waals surface area (Å²) in [5.74, 6) is 1.99. The number of nitrogens with zero attached hydrogens (tertiary/aromatic N) is 2. The van der Waals surface area contributed by atoms with Crippen molar-refractivity contribution in [3.8, 4) is 0 Å². The van der Waals surface area contributed by atoms with Crippen LogP contribution in [0.15, 0.2) is 53.1 Å². The molecule has 3 atom stereocenters. The molecule has 2 fully saturated rings. The molecule has 5 nitrogen and oxygen atoms in total. The number of piperidine rings is 1. The van der Waals surface area contributed by atoms with Crippen molar-refractivity contribution in [3.05, 3.63) is 65.9 Å². The molecule has 0 amide bonds. The van der Waals surface area contributed by atoms with Gasteiger partial charge in [-0.2, -0.15) is 0 Å². The second kappa shape index (κ2) is 11.5. The summed E-state index contributed by atoms with van der Waals surface area (Å²) in [4.78, 5) is 7.03. The Hall–Kier alpha value is -1.95. The molecule has 0 radical (unpaired) electrons. The van der Waals surface area contributed by atoms with E-state index in [1.165, 1.54) is 6.42 Å². The maximum absolute atomic E-state index is 12.0. The molecule has 2 aliphatic rings. The van der Waals surface area contributed by atoms with Crippen molar-refractivity contribution in [2.45, 2.75) is 77.0 Å². The Morgan fingerprint density at radius 2 is 1.97 bits per heavy atom. The fourth-order valence-electron chi connectivity index (χ4n) is 5.63. The zero-order valence-corrected chi connectivity index (χ0v) is 20.3. The van der Waals surface area contributed by atoms with Crippen molar-refractivity contribution in [3.63, 3.8) is 0 Å². The van der Waals surface area contributed by atoms with Crippen molar-refractivity contribution < 1.29 is 14.3 Å². The highest BCUT2D eigenvalue weighted by atomic mass is 16.5. The number of benzene rings is 1. The van der Waals surface area contributed by atoms with E-state index in [0.29, 0.717) is 25.0 Å². The van der Waals surface area contributed by atoms with Crippen LogP contribution in [0.3, 0.4) is 0 Å². The Kier molecular flexibility index (Phi) is 8.39. The van der Waals surface area contributed by atoms with E-state index in [1.807, 2.05) is 49.5 Å². The van der Waals surface area contributed by atoms with Crippen LogP contribution in [0.2, 0.25) is 0 Å². The first-order valence-electron chi connectivity index (χ1n) is 12.8. The predicted molar refractivity (Wildman–Crippen MR) is 131 cm³/mol. The van der Waals surface area contributed by atoms with Gasteiger partial charge in [-0.3, -0.25) is 4.90 Å². The van der Waals surface area contributed by atoms with Crippen molar-refractivity contribution in [2.24, 2.45) is 11.8 Å². The summed E-state index contributed by atoms with van der Waals surface area (Å²) in [6.07, 6.45) is 14.0. The molecule has 2 unspecified atom stereocenters. The van der Waals surface area contributed by atoms with Gasteiger partial charge in [-0.05, 0) is 44.2 Å². The second-order valence-corrected chi connectivity index (χ2v) is 9.73. The lowest BCUT2D eigenvalue weighted by Crippen LogP contribution is -2.44. The Bertz CT molecular complexity index is 874. The minimum atomic E-state index is -1.17. The molecule has 1 saturated heterocycles. The second-order valence-electron chi connectivity index (χ2n) is 9.73. The van der Waals surface area contributed by atoms with Crippen LogP contribution in [0.5, 0.6) is 0 Å². The third-order valence-electron chi connectivity index (χ3n) is 7.62. The molecule has 180 valence electrons. The quantitative estimate of drug-likeness (QED) is 0.496. The van der Waals surface area contributed by atoms with Gasteiger partial charge in [-0.25, -0.2) is 4.98 Å². The topological polar surface area (TPSA) is 58.7 Å². The minimum absolute atomic E-state index is 0.129. The van der Waals surface area contributed by atoms with Crippen LogP contribution in [0.25, 0.3) is 0 Å². The first-order chi connectivity index (χ1) is 16.1. The number of likely N-dealkylation sites (tertiary alicyclic amines) is 1. The van der Waals surface area contributed by atoms with E-state index < -0.39 is 5.60 Å². The lowest BCUT2D eigenvalue weighted by Gasteiger charge is -2.37. The molecule has 1 saturated carbocycles. The van der Waals surface area contributed by atoms with E-state index in [2.05, 4.69) is 22.9 Å². The highest BCUT2D eigenvalue weighted by molar-refractivity contribution is 5.30. The lowest BCUT2D eigenvalue weighted by molar-refractivity contribution is -0.0346. The average molecular weight is 453 g/mol. The third kappa shape index (κ3) is 5.59. The van der Waals surface area contributed by atoms with Crippen molar-refractivity contribution in [2.75, 3.05) is 19.7 Å². The van der Waals surface area contributed by atoms with Crippen LogP contribution >= 0.6 is 0 Å². The highest BCUT2D eigenvalue weighted by Gasteiger charge is 2.44. The Morgan fingerprint density at radius 1 is 1.18 bits per heavy atom. The monoisotopic (exact) mass is 452 g/mol. The van der Waals surface area contributed by atoms with Gasteiger partial charge in [0, 0.05) is 12.5 Å². The van der Waals surface area contributed by atoms with Crippen LogP contribution < -0.4 is 0 Å². The van der Waals surface area contributed by atoms with E-state index in [9.17, 15) is 5.11 Å². The summed E-state index contributed by atoms with van der Waals surface area (Å²) in [6.45, 7) is 7.58. The third-order valence-corrected chi connectivity index (χ3v) is 7.62. The molecule has 1 aromatic carbocycles. The number of ether oxygens (including phenoxy) is 1. The Balaban J connectivity index is 1.49. The molecule has 1 aliphatic carbocycles. The molecular formula is C28H40N2O3. The van der Waals surface area contributed by atoms with Crippen molar-refractivity contribution in [1.29, 1.82) is 0 Å². The van der Waals surface area contributed by atoms with E-state index in [-0.39, 0.29) is 12.0 Å². The van der Waals surface area contributed by atoms with Gasteiger partial charge in [0.15, 0.2) is 5.60 Å². The molecule has 33 heavy (non-hydrogen) atoms. The van der Waals surface area contributed by atoms with Gasteiger partial charge in [0.25, 0.3) is 0 Å². The van der Waals surface area contributed by atoms with E-state index in [0.717, 1.165) is 62.9 Å². The summed E-state index contributed by atoms with van der Waals surface area (Å²) < 4.78 is 12.5. The van der Waals surface area contributed by atoms with Gasteiger partial charge in [-0.15, -0.1) is 0 Å². The van der Waals surface area contributed by atoms with Crippen LogP contribution in [0, 0.1) is 11.8 Å². The number of hydrogen-bond donors (Lipinski definition) is 1. The largest absolute Gasteiger partial charge is 0.441 e. The number of aliphatic hydroxyl groups is 1. The molecule has 4 rings (SSSR count). The molecule has 2 heterocycles. The summed E-state index contributed by atoms with van der Waals surface area (Å²) in [5.41, 5.74) is -0.292. The van der Waals surface area contributed by atoms with Crippen molar-refractivity contribution in [1.82, 2.24) is 9.88 Å². The van der Waals surface area contributed by atoms with Gasteiger partial charge in [-0.1, -0.05) is 75.1 Å². The first kappa shape index (κ1) is 24.2. The zero-order valence-electron chi connectivity index (χ0n) is 20.3. The summed E-state index contributed by atoms with van der Waals surface area (Å²) >= 11 is 0. The molecule has 5 heteroatoms. The number of allylic oxidation sites excluding steroid dienone is 1. The Morgan fingerprint density at radius 3 is 2.70 bits per heavy atom. The number of rotatable bonds is 9. The summed E-state index contributed by atoms with van der Waals surface area (Å²) in [6, 6.07) is 9.96.